The van der Waals surface area contributed by atoms with Crippen LogP contribution in [-0.4, -0.2) is 42.4 Å². The van der Waals surface area contributed by atoms with Crippen LogP contribution in [0.2, 0.25) is 0 Å². The summed E-state index contributed by atoms with van der Waals surface area (Å²) in [6.45, 7) is 4.83. The Morgan fingerprint density at radius 2 is 1.90 bits per heavy atom. The molecule has 1 aliphatic rings. The number of rotatable bonds is 8. The lowest BCUT2D eigenvalue weighted by atomic mass is 10.0. The van der Waals surface area contributed by atoms with Crippen LogP contribution in [0.5, 0.6) is 0 Å². The minimum absolute atomic E-state index is 0.126. The van der Waals surface area contributed by atoms with E-state index in [2.05, 4.69) is 4.90 Å². The molecular formula is C17H26FNO2. The summed E-state index contributed by atoms with van der Waals surface area (Å²) in [5.74, 6) is 0.403. The topological polar surface area (TPSA) is 32.7 Å². The number of aliphatic hydroxyl groups is 1. The summed E-state index contributed by atoms with van der Waals surface area (Å²) < 4.78 is 18.5. The number of ether oxygens (including phenoxy) is 1. The monoisotopic (exact) mass is 295 g/mol. The van der Waals surface area contributed by atoms with Crippen LogP contribution in [0.4, 0.5) is 4.39 Å². The highest BCUT2D eigenvalue weighted by atomic mass is 19.1. The van der Waals surface area contributed by atoms with Crippen LogP contribution >= 0.6 is 0 Å². The van der Waals surface area contributed by atoms with Crippen LogP contribution in [0, 0.1) is 11.7 Å². The fourth-order valence-electron chi connectivity index (χ4n) is 2.76. The maximum atomic E-state index is 13.1. The van der Waals surface area contributed by atoms with E-state index in [0.29, 0.717) is 19.1 Å². The highest BCUT2D eigenvalue weighted by molar-refractivity contribution is 5.22. The van der Waals surface area contributed by atoms with E-state index < -0.39 is 6.10 Å². The van der Waals surface area contributed by atoms with Gasteiger partial charge in [0.25, 0.3) is 0 Å². The highest BCUT2D eigenvalue weighted by Crippen LogP contribution is 2.44. The lowest BCUT2D eigenvalue weighted by molar-refractivity contribution is -0.0116. The SMILES string of the molecule is CC(C)OCC(O)CN(C)C(c1ccc(F)cc1)C1CC1. The largest absolute Gasteiger partial charge is 0.389 e. The average molecular weight is 295 g/mol. The van der Waals surface area contributed by atoms with Crippen molar-refractivity contribution in [3.8, 4) is 0 Å². The molecule has 1 aromatic rings. The quantitative estimate of drug-likeness (QED) is 0.800. The number of benzene rings is 1. The zero-order valence-corrected chi connectivity index (χ0v) is 13.1. The Labute approximate surface area is 126 Å². The summed E-state index contributed by atoms with van der Waals surface area (Å²) >= 11 is 0. The molecule has 1 aliphatic carbocycles. The second-order valence-electron chi connectivity index (χ2n) is 6.31. The van der Waals surface area contributed by atoms with Crippen molar-refractivity contribution in [3.05, 3.63) is 35.6 Å². The normalized spacial score (nSPS) is 18.2. The summed E-state index contributed by atoms with van der Waals surface area (Å²) in [4.78, 5) is 2.17. The van der Waals surface area contributed by atoms with Gasteiger partial charge in [-0.1, -0.05) is 12.1 Å². The van der Waals surface area contributed by atoms with Crippen molar-refractivity contribution >= 4 is 0 Å². The van der Waals surface area contributed by atoms with E-state index >= 15 is 0 Å². The van der Waals surface area contributed by atoms with Gasteiger partial charge < -0.3 is 9.84 Å². The maximum absolute atomic E-state index is 13.1. The van der Waals surface area contributed by atoms with Crippen LogP contribution in [-0.2, 0) is 4.74 Å². The predicted molar refractivity (Wildman–Crippen MR) is 81.6 cm³/mol. The second-order valence-corrected chi connectivity index (χ2v) is 6.31. The molecule has 2 atom stereocenters. The second kappa shape index (κ2) is 7.34. The van der Waals surface area contributed by atoms with E-state index in [1.54, 1.807) is 0 Å². The summed E-state index contributed by atoms with van der Waals surface area (Å²) in [6.07, 6.45) is 2.02. The minimum Gasteiger partial charge on any atom is -0.389 e. The van der Waals surface area contributed by atoms with Gasteiger partial charge in [-0.05, 0) is 57.4 Å². The van der Waals surface area contributed by atoms with Crippen molar-refractivity contribution in [3.63, 3.8) is 0 Å². The Morgan fingerprint density at radius 1 is 1.29 bits per heavy atom. The van der Waals surface area contributed by atoms with Gasteiger partial charge >= 0.3 is 0 Å². The van der Waals surface area contributed by atoms with E-state index in [1.165, 1.54) is 25.0 Å². The number of halogens is 1. The smallest absolute Gasteiger partial charge is 0.123 e. The fourth-order valence-corrected chi connectivity index (χ4v) is 2.76. The van der Waals surface area contributed by atoms with Gasteiger partial charge in [0.1, 0.15) is 5.82 Å². The molecule has 0 bridgehead atoms. The lowest BCUT2D eigenvalue weighted by Gasteiger charge is -2.30. The molecule has 0 aliphatic heterocycles. The molecule has 2 unspecified atom stereocenters. The van der Waals surface area contributed by atoms with Crippen LogP contribution in [0.15, 0.2) is 24.3 Å². The van der Waals surface area contributed by atoms with E-state index in [9.17, 15) is 9.50 Å². The zero-order chi connectivity index (χ0) is 15.4. The molecule has 0 radical (unpaired) electrons. The first-order valence-corrected chi connectivity index (χ1v) is 7.72. The van der Waals surface area contributed by atoms with Crippen LogP contribution in [0.1, 0.15) is 38.3 Å². The number of likely N-dealkylation sites (N-methyl/N-ethyl adjacent to an activating group) is 1. The fraction of sp³-hybridized carbons (Fsp3) is 0.647. The van der Waals surface area contributed by atoms with Crippen molar-refractivity contribution in [2.45, 2.75) is 44.9 Å². The Balaban J connectivity index is 1.96. The summed E-state index contributed by atoms with van der Waals surface area (Å²) in [6, 6.07) is 6.98. The molecule has 1 fully saturated rings. The lowest BCUT2D eigenvalue weighted by Crippen LogP contribution is -2.36. The zero-order valence-electron chi connectivity index (χ0n) is 13.1. The van der Waals surface area contributed by atoms with Gasteiger partial charge in [-0.3, -0.25) is 4.90 Å². The minimum atomic E-state index is -0.501. The number of hydrogen-bond acceptors (Lipinski definition) is 3. The van der Waals surface area contributed by atoms with Crippen molar-refractivity contribution in [1.29, 1.82) is 0 Å². The summed E-state index contributed by atoms with van der Waals surface area (Å²) in [5.41, 5.74) is 1.12. The molecule has 1 N–H and O–H groups in total. The summed E-state index contributed by atoms with van der Waals surface area (Å²) in [5, 5.41) is 10.1. The van der Waals surface area contributed by atoms with Crippen molar-refractivity contribution in [1.82, 2.24) is 4.90 Å². The molecule has 4 heteroatoms. The Kier molecular flexibility index (Phi) is 5.73. The molecular weight excluding hydrogens is 269 g/mol. The first-order chi connectivity index (χ1) is 9.97. The predicted octanol–water partition coefficient (Wildman–Crippen LogP) is 2.99. The van der Waals surface area contributed by atoms with Gasteiger partial charge in [-0.2, -0.15) is 0 Å². The molecule has 0 saturated heterocycles. The van der Waals surface area contributed by atoms with Gasteiger partial charge in [-0.25, -0.2) is 4.39 Å². The molecule has 118 valence electrons. The third-order valence-corrected chi connectivity index (χ3v) is 3.88. The van der Waals surface area contributed by atoms with Crippen molar-refractivity contribution in [2.75, 3.05) is 20.2 Å². The van der Waals surface area contributed by atoms with Crippen LogP contribution < -0.4 is 0 Å². The molecule has 1 aromatic carbocycles. The van der Waals surface area contributed by atoms with Crippen molar-refractivity contribution in [2.24, 2.45) is 5.92 Å². The average Bonchev–Trinajstić information content (AvgIpc) is 3.23. The summed E-state index contributed by atoms with van der Waals surface area (Å²) in [7, 11) is 2.02. The number of nitrogens with zero attached hydrogens (tertiary/aromatic N) is 1. The Morgan fingerprint density at radius 3 is 2.43 bits per heavy atom. The molecule has 1 saturated carbocycles. The van der Waals surface area contributed by atoms with Gasteiger partial charge in [0, 0.05) is 12.6 Å². The Hall–Kier alpha value is -0.970. The molecule has 0 amide bonds. The Bertz CT molecular complexity index is 431. The van der Waals surface area contributed by atoms with E-state index in [4.69, 9.17) is 4.74 Å². The van der Waals surface area contributed by atoms with E-state index in [1.807, 2.05) is 33.0 Å². The van der Waals surface area contributed by atoms with E-state index in [-0.39, 0.29) is 18.0 Å². The van der Waals surface area contributed by atoms with Crippen LogP contribution in [0.25, 0.3) is 0 Å². The molecule has 0 heterocycles. The molecule has 0 aromatic heterocycles. The van der Waals surface area contributed by atoms with Gasteiger partial charge in [0.15, 0.2) is 0 Å². The van der Waals surface area contributed by atoms with Gasteiger partial charge in [0.05, 0.1) is 18.8 Å². The van der Waals surface area contributed by atoms with E-state index in [0.717, 1.165) is 5.56 Å². The van der Waals surface area contributed by atoms with Gasteiger partial charge in [0.2, 0.25) is 0 Å². The van der Waals surface area contributed by atoms with Gasteiger partial charge in [-0.15, -0.1) is 0 Å². The molecule has 2 rings (SSSR count). The van der Waals surface area contributed by atoms with Crippen LogP contribution in [0.3, 0.4) is 0 Å². The van der Waals surface area contributed by atoms with Crippen molar-refractivity contribution < 1.29 is 14.2 Å². The third-order valence-electron chi connectivity index (χ3n) is 3.88. The first-order valence-electron chi connectivity index (χ1n) is 7.72. The third kappa shape index (κ3) is 5.06. The number of hydrogen-bond donors (Lipinski definition) is 1. The molecule has 21 heavy (non-hydrogen) atoms. The highest BCUT2D eigenvalue weighted by Gasteiger charge is 2.35. The maximum Gasteiger partial charge on any atom is 0.123 e. The molecule has 0 spiro atoms. The first kappa shape index (κ1) is 16.4. The standard InChI is InChI=1S/C17H26FNO2/c1-12(2)21-11-16(20)10-19(3)17(13-4-5-13)14-6-8-15(18)9-7-14/h6-9,12-13,16-17,20H,4-5,10-11H2,1-3H3. The molecule has 3 nitrogen and oxygen atoms in total. The number of aliphatic hydroxyl groups excluding tert-OH is 1.